The molecule has 0 fully saturated rings. The second kappa shape index (κ2) is 6.59. The van der Waals surface area contributed by atoms with E-state index >= 15 is 0 Å². The van der Waals surface area contributed by atoms with Gasteiger partial charge >= 0.3 is 0 Å². The molecule has 4 rings (SSSR count). The zero-order valence-electron chi connectivity index (χ0n) is 15.1. The maximum Gasteiger partial charge on any atom is 0.266 e. The lowest BCUT2D eigenvalue weighted by Gasteiger charge is -2.12. The Labute approximate surface area is 155 Å². The molecule has 0 saturated carbocycles. The monoisotopic (exact) mass is 366 g/mol. The van der Waals surface area contributed by atoms with Crippen LogP contribution in [0.4, 0.5) is 10.1 Å². The molecule has 7 heteroatoms. The molecule has 0 radical (unpaired) electrons. The van der Waals surface area contributed by atoms with Gasteiger partial charge in [-0.3, -0.25) is 14.2 Å². The minimum Gasteiger partial charge on any atom is -0.383 e. The Bertz CT molecular complexity index is 1120. The molecular formula is C20H19FN4O2. The highest BCUT2D eigenvalue weighted by Crippen LogP contribution is 2.30. The molecule has 1 aliphatic heterocycles. The van der Waals surface area contributed by atoms with E-state index in [0.29, 0.717) is 23.1 Å². The minimum absolute atomic E-state index is 0.0258. The zero-order valence-corrected chi connectivity index (χ0v) is 15.1. The Morgan fingerprint density at radius 1 is 1.19 bits per heavy atom. The first kappa shape index (κ1) is 17.4. The Hall–Kier alpha value is -3.06. The summed E-state index contributed by atoms with van der Waals surface area (Å²) >= 11 is 0. The minimum atomic E-state index is -0.516. The van der Waals surface area contributed by atoms with Gasteiger partial charge in [-0.25, -0.2) is 9.37 Å². The zero-order chi connectivity index (χ0) is 19.1. The molecule has 6 nitrogen and oxygen atoms in total. The van der Waals surface area contributed by atoms with Crippen LogP contribution in [0.1, 0.15) is 22.6 Å². The first-order valence-corrected chi connectivity index (χ1v) is 8.76. The van der Waals surface area contributed by atoms with Crippen LogP contribution in [-0.4, -0.2) is 47.4 Å². The Morgan fingerprint density at radius 2 is 1.96 bits per heavy atom. The summed E-state index contributed by atoms with van der Waals surface area (Å²) in [5.41, 5.74) is 0.930. The number of anilines is 1. The first-order valence-electron chi connectivity index (χ1n) is 8.76. The number of fused-ring (bicyclic) bond motifs is 4. The van der Waals surface area contributed by atoms with Crippen LogP contribution in [0, 0.1) is 5.82 Å². The van der Waals surface area contributed by atoms with Crippen molar-refractivity contribution in [2.45, 2.75) is 6.42 Å². The van der Waals surface area contributed by atoms with Gasteiger partial charge in [0.05, 0.1) is 27.8 Å². The number of nitrogens with one attached hydrogen (secondary N) is 1. The van der Waals surface area contributed by atoms with E-state index in [0.717, 1.165) is 13.0 Å². The SMILES string of the molecule is CN(C)CCCNc1cc2c(cc1F)C(=O)c1nc3ccccc3c(=O)n1-2. The van der Waals surface area contributed by atoms with Gasteiger partial charge in [0.1, 0.15) is 5.82 Å². The molecule has 0 unspecified atom stereocenters. The van der Waals surface area contributed by atoms with Gasteiger partial charge in [0.25, 0.3) is 5.56 Å². The highest BCUT2D eigenvalue weighted by Gasteiger charge is 2.31. The molecule has 138 valence electrons. The largest absolute Gasteiger partial charge is 0.383 e. The van der Waals surface area contributed by atoms with Gasteiger partial charge in [0.15, 0.2) is 5.82 Å². The third-order valence-corrected chi connectivity index (χ3v) is 4.65. The summed E-state index contributed by atoms with van der Waals surface area (Å²) in [6, 6.07) is 9.57. The van der Waals surface area contributed by atoms with Crippen LogP contribution in [0.2, 0.25) is 0 Å². The second-order valence-corrected chi connectivity index (χ2v) is 6.86. The van der Waals surface area contributed by atoms with Gasteiger partial charge in [-0.15, -0.1) is 0 Å². The molecule has 3 aromatic rings. The highest BCUT2D eigenvalue weighted by molar-refractivity contribution is 6.13. The number of benzene rings is 2. The van der Waals surface area contributed by atoms with Crippen LogP contribution in [0.25, 0.3) is 16.6 Å². The quantitative estimate of drug-likeness (QED) is 0.550. The Morgan fingerprint density at radius 3 is 2.74 bits per heavy atom. The normalized spacial score (nSPS) is 12.5. The summed E-state index contributed by atoms with van der Waals surface area (Å²) in [5.74, 6) is -0.930. The average molecular weight is 366 g/mol. The second-order valence-electron chi connectivity index (χ2n) is 6.86. The van der Waals surface area contributed by atoms with Crippen molar-refractivity contribution >= 4 is 22.4 Å². The van der Waals surface area contributed by atoms with Crippen molar-refractivity contribution < 1.29 is 9.18 Å². The van der Waals surface area contributed by atoms with Crippen LogP contribution >= 0.6 is 0 Å². The first-order chi connectivity index (χ1) is 13.0. The number of rotatable bonds is 5. The van der Waals surface area contributed by atoms with Crippen LogP contribution in [-0.2, 0) is 0 Å². The summed E-state index contributed by atoms with van der Waals surface area (Å²) in [6.07, 6.45) is 0.838. The smallest absolute Gasteiger partial charge is 0.266 e. The number of halogens is 1. The van der Waals surface area contributed by atoms with Gasteiger partial charge < -0.3 is 10.2 Å². The number of carbonyl (C=O) groups is 1. The molecule has 0 bridgehead atoms. The van der Waals surface area contributed by atoms with Crippen molar-refractivity contribution in [1.29, 1.82) is 0 Å². The molecule has 1 aliphatic rings. The molecule has 1 aromatic heterocycles. The molecule has 0 atom stereocenters. The lowest BCUT2D eigenvalue weighted by Crippen LogP contribution is -2.21. The Kier molecular flexibility index (Phi) is 4.24. The van der Waals surface area contributed by atoms with E-state index in [-0.39, 0.29) is 22.6 Å². The van der Waals surface area contributed by atoms with Crippen molar-refractivity contribution in [1.82, 2.24) is 14.5 Å². The number of hydrogen-bond acceptors (Lipinski definition) is 5. The maximum absolute atomic E-state index is 14.5. The Balaban J connectivity index is 1.78. The fourth-order valence-corrected chi connectivity index (χ4v) is 3.31. The van der Waals surface area contributed by atoms with Gasteiger partial charge in [0, 0.05) is 6.54 Å². The van der Waals surface area contributed by atoms with E-state index in [2.05, 4.69) is 10.3 Å². The van der Waals surface area contributed by atoms with Gasteiger partial charge in [-0.1, -0.05) is 12.1 Å². The number of aromatic nitrogens is 2. The highest BCUT2D eigenvalue weighted by atomic mass is 19.1. The number of para-hydroxylation sites is 1. The van der Waals surface area contributed by atoms with E-state index in [9.17, 15) is 14.0 Å². The molecule has 0 amide bonds. The number of hydrogen-bond donors (Lipinski definition) is 1. The molecule has 27 heavy (non-hydrogen) atoms. The molecule has 1 N–H and O–H groups in total. The maximum atomic E-state index is 14.5. The lowest BCUT2D eigenvalue weighted by molar-refractivity contribution is 0.103. The summed E-state index contributed by atoms with van der Waals surface area (Å²) in [4.78, 5) is 32.0. The van der Waals surface area contributed by atoms with Gasteiger partial charge in [0.2, 0.25) is 5.78 Å². The standard InChI is InChI=1S/C20H19FN4O2/c1-24(2)9-5-8-22-16-11-17-13(10-14(16)21)18(26)19-23-15-7-4-3-6-12(15)20(27)25(17)19/h3-4,6-7,10-11,22H,5,8-9H2,1-2H3. The molecule has 0 saturated heterocycles. The predicted molar refractivity (Wildman–Crippen MR) is 102 cm³/mol. The third-order valence-electron chi connectivity index (χ3n) is 4.65. The van der Waals surface area contributed by atoms with Crippen molar-refractivity contribution in [2.75, 3.05) is 32.5 Å². The summed E-state index contributed by atoms with van der Waals surface area (Å²) in [7, 11) is 3.95. The third kappa shape index (κ3) is 2.90. The van der Waals surface area contributed by atoms with Crippen LogP contribution in [0.5, 0.6) is 0 Å². The molecule has 2 heterocycles. The van der Waals surface area contributed by atoms with E-state index < -0.39 is 11.6 Å². The van der Waals surface area contributed by atoms with Gasteiger partial charge in [-0.2, -0.15) is 0 Å². The summed E-state index contributed by atoms with van der Waals surface area (Å²) in [5, 5.41) is 3.47. The summed E-state index contributed by atoms with van der Waals surface area (Å²) < 4.78 is 15.8. The summed E-state index contributed by atoms with van der Waals surface area (Å²) in [6.45, 7) is 1.45. The fourth-order valence-electron chi connectivity index (χ4n) is 3.31. The van der Waals surface area contributed by atoms with E-state index in [1.807, 2.05) is 19.0 Å². The molecule has 2 aromatic carbocycles. The van der Waals surface area contributed by atoms with Crippen LogP contribution < -0.4 is 10.9 Å². The molecular weight excluding hydrogens is 347 g/mol. The van der Waals surface area contributed by atoms with Crippen molar-refractivity contribution in [3.63, 3.8) is 0 Å². The molecule has 0 spiro atoms. The van der Waals surface area contributed by atoms with E-state index in [4.69, 9.17) is 0 Å². The van der Waals surface area contributed by atoms with Crippen LogP contribution in [0.3, 0.4) is 0 Å². The number of carbonyl (C=O) groups excluding carboxylic acids is 1. The van der Waals surface area contributed by atoms with Crippen molar-refractivity contribution in [2.24, 2.45) is 0 Å². The van der Waals surface area contributed by atoms with E-state index in [1.165, 1.54) is 16.7 Å². The average Bonchev–Trinajstić information content (AvgIpc) is 2.91. The van der Waals surface area contributed by atoms with Crippen molar-refractivity contribution in [3.8, 4) is 5.69 Å². The predicted octanol–water partition coefficient (Wildman–Crippen LogP) is 2.43. The number of ketones is 1. The van der Waals surface area contributed by atoms with Gasteiger partial charge in [-0.05, 0) is 51.3 Å². The van der Waals surface area contributed by atoms with Crippen LogP contribution in [0.15, 0.2) is 41.2 Å². The molecule has 0 aliphatic carbocycles. The van der Waals surface area contributed by atoms with E-state index in [1.54, 1.807) is 24.3 Å². The lowest BCUT2D eigenvalue weighted by atomic mass is 10.1. The fraction of sp³-hybridized carbons (Fsp3) is 0.250. The van der Waals surface area contributed by atoms with Crippen molar-refractivity contribution in [3.05, 3.63) is 64.0 Å². The number of nitrogens with zero attached hydrogens (tertiary/aromatic N) is 3. The topological polar surface area (TPSA) is 67.2 Å².